The fraction of sp³-hybridized carbons (Fsp3) is 0.500. The van der Waals surface area contributed by atoms with Crippen LogP contribution in [0.3, 0.4) is 0 Å². The summed E-state index contributed by atoms with van der Waals surface area (Å²) in [5.41, 5.74) is 0.624. The Bertz CT molecular complexity index is 259. The molecule has 1 rings (SSSR count). The number of rotatable bonds is 2. The minimum atomic E-state index is -0.895. The lowest BCUT2D eigenvalue weighted by Gasteiger charge is -2.03. The maximum Gasteiger partial charge on any atom is 0.332 e. The molecule has 5 heteroatoms. The van der Waals surface area contributed by atoms with E-state index in [2.05, 4.69) is 10.1 Å². The molecule has 0 spiro atoms. The van der Waals surface area contributed by atoms with Crippen molar-refractivity contribution < 1.29 is 19.4 Å². The Morgan fingerprint density at radius 2 is 2.38 bits per heavy atom. The van der Waals surface area contributed by atoms with Crippen LogP contribution in [0.4, 0.5) is 0 Å². The Balaban J connectivity index is 2.54. The van der Waals surface area contributed by atoms with Gasteiger partial charge in [0, 0.05) is 11.8 Å². The molecular weight excluding hydrogens is 174 g/mol. The molecule has 1 atom stereocenters. The van der Waals surface area contributed by atoms with Gasteiger partial charge in [-0.1, -0.05) is 0 Å². The number of allylic oxidation sites excluding steroid dienone is 1. The normalized spacial score (nSPS) is 24.1. The number of carbonyl (C=O) groups is 2. The largest absolute Gasteiger partial charge is 0.480 e. The molecule has 1 saturated heterocycles. The van der Waals surface area contributed by atoms with Crippen molar-refractivity contribution in [1.29, 1.82) is 0 Å². The average molecular weight is 185 g/mol. The molecule has 5 nitrogen and oxygen atoms in total. The van der Waals surface area contributed by atoms with Crippen LogP contribution in [-0.2, 0) is 14.3 Å². The first-order valence-electron chi connectivity index (χ1n) is 3.91. The molecule has 1 unspecified atom stereocenters. The highest BCUT2D eigenvalue weighted by Crippen LogP contribution is 2.15. The number of ether oxygens (including phenoxy) is 1. The quantitative estimate of drug-likeness (QED) is 0.463. The maximum absolute atomic E-state index is 10.8. The van der Waals surface area contributed by atoms with Gasteiger partial charge in [0.1, 0.15) is 6.04 Å². The van der Waals surface area contributed by atoms with Crippen LogP contribution in [0, 0.1) is 0 Å². The van der Waals surface area contributed by atoms with Crippen LogP contribution < -0.4 is 5.32 Å². The molecule has 0 radical (unpaired) electrons. The van der Waals surface area contributed by atoms with Gasteiger partial charge in [0.05, 0.1) is 7.11 Å². The van der Waals surface area contributed by atoms with E-state index >= 15 is 0 Å². The van der Waals surface area contributed by atoms with Crippen molar-refractivity contribution in [3.05, 3.63) is 11.8 Å². The molecule has 0 aromatic rings. The SMILES string of the molecule is COC(=O)/C=C1/CCC(C(=O)O)N1. The van der Waals surface area contributed by atoms with E-state index in [4.69, 9.17) is 5.11 Å². The summed E-state index contributed by atoms with van der Waals surface area (Å²) < 4.78 is 4.41. The van der Waals surface area contributed by atoms with Crippen molar-refractivity contribution in [2.45, 2.75) is 18.9 Å². The van der Waals surface area contributed by atoms with Crippen molar-refractivity contribution in [1.82, 2.24) is 5.32 Å². The van der Waals surface area contributed by atoms with Crippen LogP contribution in [0.2, 0.25) is 0 Å². The lowest BCUT2D eigenvalue weighted by molar-refractivity contribution is -0.139. The van der Waals surface area contributed by atoms with Crippen molar-refractivity contribution in [2.24, 2.45) is 0 Å². The topological polar surface area (TPSA) is 75.6 Å². The Morgan fingerprint density at radius 3 is 2.85 bits per heavy atom. The minimum absolute atomic E-state index is 0.464. The van der Waals surface area contributed by atoms with Gasteiger partial charge < -0.3 is 15.2 Å². The number of carboxylic acids is 1. The molecule has 0 amide bonds. The molecule has 0 aromatic carbocycles. The van der Waals surface area contributed by atoms with Gasteiger partial charge in [-0.15, -0.1) is 0 Å². The number of esters is 1. The number of methoxy groups -OCH3 is 1. The van der Waals surface area contributed by atoms with Crippen LogP contribution in [0.5, 0.6) is 0 Å². The summed E-state index contributed by atoms with van der Waals surface area (Å²) >= 11 is 0. The molecule has 1 aliphatic rings. The van der Waals surface area contributed by atoms with Gasteiger partial charge in [-0.05, 0) is 12.8 Å². The average Bonchev–Trinajstić information content (AvgIpc) is 2.52. The van der Waals surface area contributed by atoms with E-state index in [0.29, 0.717) is 18.5 Å². The first-order chi connectivity index (χ1) is 6.13. The Hall–Kier alpha value is -1.52. The van der Waals surface area contributed by atoms with Gasteiger partial charge >= 0.3 is 11.9 Å². The summed E-state index contributed by atoms with van der Waals surface area (Å²) in [5.74, 6) is -1.36. The predicted molar refractivity (Wildman–Crippen MR) is 43.9 cm³/mol. The number of nitrogens with one attached hydrogen (secondary N) is 1. The molecule has 1 heterocycles. The Labute approximate surface area is 75.4 Å². The molecular formula is C8H11NO4. The zero-order valence-corrected chi connectivity index (χ0v) is 7.24. The van der Waals surface area contributed by atoms with Crippen molar-refractivity contribution in [3.8, 4) is 0 Å². The predicted octanol–water partition coefficient (Wildman–Crippen LogP) is -0.120. The van der Waals surface area contributed by atoms with Crippen molar-refractivity contribution >= 4 is 11.9 Å². The molecule has 72 valence electrons. The fourth-order valence-electron chi connectivity index (χ4n) is 1.17. The monoisotopic (exact) mass is 185 g/mol. The molecule has 0 aromatic heterocycles. The standard InChI is InChI=1S/C8H11NO4/c1-13-7(10)4-5-2-3-6(9-5)8(11)12/h4,6,9H,2-3H2,1H3,(H,11,12)/b5-4-. The van der Waals surface area contributed by atoms with E-state index in [1.54, 1.807) is 0 Å². The number of aliphatic carboxylic acids is 1. The van der Waals surface area contributed by atoms with Crippen molar-refractivity contribution in [3.63, 3.8) is 0 Å². The molecule has 13 heavy (non-hydrogen) atoms. The number of carbonyl (C=O) groups excluding carboxylic acids is 1. The Morgan fingerprint density at radius 1 is 1.69 bits per heavy atom. The van der Waals surface area contributed by atoms with Gasteiger partial charge in [0.25, 0.3) is 0 Å². The van der Waals surface area contributed by atoms with E-state index in [1.807, 2.05) is 0 Å². The number of hydrogen-bond donors (Lipinski definition) is 2. The van der Waals surface area contributed by atoms with Crippen LogP contribution in [0.15, 0.2) is 11.8 Å². The van der Waals surface area contributed by atoms with Crippen molar-refractivity contribution in [2.75, 3.05) is 7.11 Å². The number of hydrogen-bond acceptors (Lipinski definition) is 4. The van der Waals surface area contributed by atoms with E-state index in [1.165, 1.54) is 13.2 Å². The lowest BCUT2D eigenvalue weighted by atomic mass is 10.2. The lowest BCUT2D eigenvalue weighted by Crippen LogP contribution is -2.29. The third-order valence-corrected chi connectivity index (χ3v) is 1.85. The van der Waals surface area contributed by atoms with Gasteiger partial charge in [-0.3, -0.25) is 0 Å². The highest BCUT2D eigenvalue weighted by molar-refractivity contribution is 5.83. The zero-order valence-electron chi connectivity index (χ0n) is 7.24. The van der Waals surface area contributed by atoms with Crippen LogP contribution in [-0.4, -0.2) is 30.2 Å². The summed E-state index contributed by atoms with van der Waals surface area (Å²) in [5, 5.41) is 11.3. The zero-order chi connectivity index (χ0) is 9.84. The summed E-state index contributed by atoms with van der Waals surface area (Å²) in [6.45, 7) is 0. The first-order valence-corrected chi connectivity index (χ1v) is 3.91. The van der Waals surface area contributed by atoms with Crippen LogP contribution in [0.1, 0.15) is 12.8 Å². The Kier molecular flexibility index (Phi) is 2.89. The van der Waals surface area contributed by atoms with Crippen LogP contribution in [0.25, 0.3) is 0 Å². The summed E-state index contributed by atoms with van der Waals surface area (Å²) in [7, 11) is 1.28. The highest BCUT2D eigenvalue weighted by atomic mass is 16.5. The smallest absolute Gasteiger partial charge is 0.332 e. The molecule has 0 saturated carbocycles. The third-order valence-electron chi connectivity index (χ3n) is 1.85. The fourth-order valence-corrected chi connectivity index (χ4v) is 1.17. The van der Waals surface area contributed by atoms with Gasteiger partial charge in [-0.2, -0.15) is 0 Å². The van der Waals surface area contributed by atoms with E-state index in [-0.39, 0.29) is 0 Å². The molecule has 1 aliphatic heterocycles. The molecule has 2 N–H and O–H groups in total. The second-order valence-electron chi connectivity index (χ2n) is 2.77. The second kappa shape index (κ2) is 3.93. The van der Waals surface area contributed by atoms with Gasteiger partial charge in [0.15, 0.2) is 0 Å². The van der Waals surface area contributed by atoms with E-state index in [0.717, 1.165) is 0 Å². The summed E-state index contributed by atoms with van der Waals surface area (Å²) in [6.07, 6.45) is 2.37. The molecule has 0 aliphatic carbocycles. The molecule has 1 fully saturated rings. The minimum Gasteiger partial charge on any atom is -0.480 e. The third kappa shape index (κ3) is 2.47. The number of carboxylic acid groups (broad SMARTS) is 1. The first kappa shape index (κ1) is 9.57. The van der Waals surface area contributed by atoms with Crippen LogP contribution >= 0.6 is 0 Å². The maximum atomic E-state index is 10.8. The van der Waals surface area contributed by atoms with E-state index < -0.39 is 18.0 Å². The van der Waals surface area contributed by atoms with E-state index in [9.17, 15) is 9.59 Å². The second-order valence-corrected chi connectivity index (χ2v) is 2.77. The van der Waals surface area contributed by atoms with Gasteiger partial charge in [0.2, 0.25) is 0 Å². The highest BCUT2D eigenvalue weighted by Gasteiger charge is 2.24. The van der Waals surface area contributed by atoms with Gasteiger partial charge in [-0.25, -0.2) is 9.59 Å². The summed E-state index contributed by atoms with van der Waals surface area (Å²) in [4.78, 5) is 21.3. The summed E-state index contributed by atoms with van der Waals surface area (Å²) in [6, 6.07) is -0.573. The molecule has 0 bridgehead atoms.